The Balaban J connectivity index is 1.42. The molecule has 152 valence electrons. The SMILES string of the molecule is CC(C)(C)OC(=O)N1CC(Oc2cc(-n3[nH]cc(-n4ccnn4)c3=O)ncn2)C1. The summed E-state index contributed by atoms with van der Waals surface area (Å²) in [5, 5.41) is 10.3. The van der Waals surface area contributed by atoms with Gasteiger partial charge in [-0.1, -0.05) is 5.21 Å². The second kappa shape index (κ2) is 7.04. The number of nitrogens with zero attached hydrogens (tertiary/aromatic N) is 7. The molecule has 0 aliphatic carbocycles. The van der Waals surface area contributed by atoms with Crippen molar-refractivity contribution >= 4 is 6.09 Å². The van der Waals surface area contributed by atoms with Crippen molar-refractivity contribution in [2.75, 3.05) is 13.1 Å². The van der Waals surface area contributed by atoms with E-state index < -0.39 is 5.60 Å². The highest BCUT2D eigenvalue weighted by Gasteiger charge is 2.35. The smallest absolute Gasteiger partial charge is 0.410 e. The van der Waals surface area contributed by atoms with Gasteiger partial charge >= 0.3 is 6.09 Å². The molecule has 0 aromatic carbocycles. The zero-order valence-corrected chi connectivity index (χ0v) is 16.1. The lowest BCUT2D eigenvalue weighted by molar-refractivity contribution is -0.0232. The molecule has 12 heteroatoms. The molecule has 0 saturated carbocycles. The number of nitrogens with one attached hydrogen (secondary N) is 1. The van der Waals surface area contributed by atoms with Gasteiger partial charge in [0.25, 0.3) is 5.56 Å². The van der Waals surface area contributed by atoms with Crippen LogP contribution in [-0.2, 0) is 4.74 Å². The maximum Gasteiger partial charge on any atom is 0.410 e. The Morgan fingerprint density at radius 3 is 2.76 bits per heavy atom. The van der Waals surface area contributed by atoms with Crippen molar-refractivity contribution in [2.24, 2.45) is 0 Å². The van der Waals surface area contributed by atoms with Gasteiger partial charge in [-0.05, 0) is 20.8 Å². The largest absolute Gasteiger partial charge is 0.470 e. The molecule has 1 N–H and O–H groups in total. The average molecular weight is 400 g/mol. The van der Waals surface area contributed by atoms with Gasteiger partial charge < -0.3 is 14.4 Å². The van der Waals surface area contributed by atoms with Crippen molar-refractivity contribution in [1.29, 1.82) is 0 Å². The number of H-pyrrole nitrogens is 1. The standard InChI is InChI=1S/C17H20N8O4/c1-17(2,3)29-16(27)23-8-11(9-23)28-14-6-13(18-10-19-14)25-15(26)12(7-21-25)24-5-4-20-22-24/h4-7,10-11,21H,8-9H2,1-3H3. The Hall–Kier alpha value is -3.70. The first kappa shape index (κ1) is 18.7. The number of aromatic nitrogens is 7. The van der Waals surface area contributed by atoms with Crippen molar-refractivity contribution in [2.45, 2.75) is 32.5 Å². The van der Waals surface area contributed by atoms with Crippen LogP contribution in [0.4, 0.5) is 4.79 Å². The van der Waals surface area contributed by atoms with Crippen LogP contribution < -0.4 is 10.3 Å². The number of hydrogen-bond donors (Lipinski definition) is 1. The van der Waals surface area contributed by atoms with Gasteiger partial charge in [-0.2, -0.15) is 4.68 Å². The van der Waals surface area contributed by atoms with E-state index >= 15 is 0 Å². The Morgan fingerprint density at radius 1 is 1.28 bits per heavy atom. The van der Waals surface area contributed by atoms with E-state index in [9.17, 15) is 9.59 Å². The van der Waals surface area contributed by atoms with Crippen molar-refractivity contribution in [1.82, 2.24) is 39.6 Å². The van der Waals surface area contributed by atoms with Crippen LogP contribution in [0.3, 0.4) is 0 Å². The van der Waals surface area contributed by atoms with Gasteiger partial charge in [-0.15, -0.1) is 5.10 Å². The summed E-state index contributed by atoms with van der Waals surface area (Å²) in [6, 6.07) is 1.54. The van der Waals surface area contributed by atoms with Gasteiger partial charge in [-0.25, -0.2) is 19.4 Å². The van der Waals surface area contributed by atoms with Gasteiger partial charge in [0.15, 0.2) is 11.5 Å². The Morgan fingerprint density at radius 2 is 2.07 bits per heavy atom. The van der Waals surface area contributed by atoms with Crippen LogP contribution in [0, 0.1) is 0 Å². The number of carbonyl (C=O) groups excluding carboxylic acids is 1. The van der Waals surface area contributed by atoms with Crippen molar-refractivity contribution in [3.05, 3.63) is 41.3 Å². The molecule has 1 saturated heterocycles. The first-order chi connectivity index (χ1) is 13.8. The van der Waals surface area contributed by atoms with E-state index in [0.717, 1.165) is 0 Å². The second-order valence-electron chi connectivity index (χ2n) is 7.49. The topological polar surface area (TPSA) is 133 Å². The molecule has 1 aliphatic rings. The minimum Gasteiger partial charge on any atom is -0.470 e. The lowest BCUT2D eigenvalue weighted by atomic mass is 10.2. The molecule has 1 amide bonds. The van der Waals surface area contributed by atoms with E-state index in [0.29, 0.717) is 30.5 Å². The van der Waals surface area contributed by atoms with Gasteiger partial charge in [0.05, 0.1) is 31.7 Å². The van der Waals surface area contributed by atoms with Crippen LogP contribution in [0.2, 0.25) is 0 Å². The molecular weight excluding hydrogens is 380 g/mol. The fourth-order valence-corrected chi connectivity index (χ4v) is 2.71. The predicted octanol–water partition coefficient (Wildman–Crippen LogP) is 0.534. The number of amides is 1. The number of hydrogen-bond acceptors (Lipinski definition) is 8. The summed E-state index contributed by atoms with van der Waals surface area (Å²) < 4.78 is 13.7. The summed E-state index contributed by atoms with van der Waals surface area (Å²) in [6.45, 7) is 6.24. The van der Waals surface area contributed by atoms with Gasteiger partial charge in [0, 0.05) is 6.07 Å². The molecule has 4 rings (SSSR count). The minimum absolute atomic E-state index is 0.212. The zero-order chi connectivity index (χ0) is 20.6. The maximum atomic E-state index is 12.6. The van der Waals surface area contributed by atoms with E-state index in [1.54, 1.807) is 17.2 Å². The highest BCUT2D eigenvalue weighted by atomic mass is 16.6. The Bertz CT molecular complexity index is 1060. The fourth-order valence-electron chi connectivity index (χ4n) is 2.71. The summed E-state index contributed by atoms with van der Waals surface area (Å²) in [5.41, 5.74) is -0.589. The third-order valence-corrected chi connectivity index (χ3v) is 4.07. The number of ether oxygens (including phenoxy) is 2. The lowest BCUT2D eigenvalue weighted by Gasteiger charge is -2.39. The maximum absolute atomic E-state index is 12.6. The van der Waals surface area contributed by atoms with E-state index in [1.165, 1.54) is 28.1 Å². The average Bonchev–Trinajstić information content (AvgIpc) is 3.25. The molecule has 4 heterocycles. The monoisotopic (exact) mass is 400 g/mol. The number of likely N-dealkylation sites (tertiary alicyclic amines) is 1. The second-order valence-corrected chi connectivity index (χ2v) is 7.49. The highest BCUT2D eigenvalue weighted by Crippen LogP contribution is 2.20. The van der Waals surface area contributed by atoms with E-state index in [4.69, 9.17) is 9.47 Å². The van der Waals surface area contributed by atoms with Crippen LogP contribution >= 0.6 is 0 Å². The summed E-state index contributed by atoms with van der Waals surface area (Å²) in [4.78, 5) is 34.3. The fraction of sp³-hybridized carbons (Fsp3) is 0.412. The number of aromatic amines is 1. The van der Waals surface area contributed by atoms with Crippen LogP contribution in [0.5, 0.6) is 5.88 Å². The molecule has 29 heavy (non-hydrogen) atoms. The third kappa shape index (κ3) is 3.95. The van der Waals surface area contributed by atoms with Gasteiger partial charge in [0.1, 0.15) is 18.0 Å². The molecule has 0 radical (unpaired) electrons. The molecule has 3 aromatic heterocycles. The van der Waals surface area contributed by atoms with Crippen molar-refractivity contribution in [3.63, 3.8) is 0 Å². The normalized spacial score (nSPS) is 14.5. The van der Waals surface area contributed by atoms with E-state index in [2.05, 4.69) is 25.4 Å². The van der Waals surface area contributed by atoms with Crippen LogP contribution in [0.1, 0.15) is 20.8 Å². The molecule has 12 nitrogen and oxygen atoms in total. The van der Waals surface area contributed by atoms with Crippen LogP contribution in [0.25, 0.3) is 11.5 Å². The van der Waals surface area contributed by atoms with E-state index in [-0.39, 0.29) is 17.8 Å². The molecule has 0 bridgehead atoms. The van der Waals surface area contributed by atoms with Crippen LogP contribution in [0.15, 0.2) is 35.8 Å². The summed E-state index contributed by atoms with van der Waals surface area (Å²) in [5.74, 6) is 0.613. The first-order valence-electron chi connectivity index (χ1n) is 8.94. The van der Waals surface area contributed by atoms with Gasteiger partial charge in [0.2, 0.25) is 5.88 Å². The highest BCUT2D eigenvalue weighted by molar-refractivity contribution is 5.69. The molecule has 1 fully saturated rings. The Labute approximate surface area is 165 Å². The van der Waals surface area contributed by atoms with Crippen LogP contribution in [-0.4, -0.2) is 70.5 Å². The quantitative estimate of drug-likeness (QED) is 0.671. The summed E-state index contributed by atoms with van der Waals surface area (Å²) in [6.07, 6.45) is 5.26. The lowest BCUT2D eigenvalue weighted by Crippen LogP contribution is -2.57. The van der Waals surface area contributed by atoms with Gasteiger partial charge in [-0.3, -0.25) is 9.89 Å². The minimum atomic E-state index is -0.543. The number of carbonyl (C=O) groups is 1. The Kier molecular flexibility index (Phi) is 4.53. The molecule has 3 aromatic rings. The predicted molar refractivity (Wildman–Crippen MR) is 99.1 cm³/mol. The third-order valence-electron chi connectivity index (χ3n) is 4.07. The van der Waals surface area contributed by atoms with Crippen molar-refractivity contribution < 1.29 is 14.3 Å². The molecule has 0 atom stereocenters. The van der Waals surface area contributed by atoms with E-state index in [1.807, 2.05) is 20.8 Å². The van der Waals surface area contributed by atoms with Crippen molar-refractivity contribution in [3.8, 4) is 17.4 Å². The zero-order valence-electron chi connectivity index (χ0n) is 16.1. The summed E-state index contributed by atoms with van der Waals surface area (Å²) >= 11 is 0. The first-order valence-corrected chi connectivity index (χ1v) is 8.94. The molecule has 0 unspecified atom stereocenters. The molecular formula is C17H20N8O4. The summed E-state index contributed by atoms with van der Waals surface area (Å²) in [7, 11) is 0. The molecule has 1 aliphatic heterocycles. The molecule has 0 spiro atoms. The number of rotatable bonds is 4.